The van der Waals surface area contributed by atoms with E-state index < -0.39 is 0 Å². The van der Waals surface area contributed by atoms with Gasteiger partial charge in [-0.05, 0) is 24.3 Å². The third-order valence-corrected chi connectivity index (χ3v) is 5.30. The van der Waals surface area contributed by atoms with Crippen molar-refractivity contribution in [3.05, 3.63) is 58.9 Å². The molecule has 0 spiro atoms. The lowest BCUT2D eigenvalue weighted by atomic mass is 10.2. The van der Waals surface area contributed by atoms with Crippen LogP contribution in [0.4, 0.5) is 5.13 Å². The summed E-state index contributed by atoms with van der Waals surface area (Å²) in [7, 11) is 0. The number of rotatable bonds is 4. The van der Waals surface area contributed by atoms with Gasteiger partial charge in [0.15, 0.2) is 10.3 Å². The summed E-state index contributed by atoms with van der Waals surface area (Å²) in [4.78, 5) is 35.6. The van der Waals surface area contributed by atoms with Gasteiger partial charge in [-0.15, -0.1) is 0 Å². The number of hydrogen-bond acceptors (Lipinski definition) is 6. The van der Waals surface area contributed by atoms with E-state index in [1.54, 1.807) is 18.2 Å². The molecule has 0 aliphatic carbocycles. The zero-order chi connectivity index (χ0) is 17.2. The van der Waals surface area contributed by atoms with Crippen LogP contribution in [0.5, 0.6) is 0 Å². The van der Waals surface area contributed by atoms with E-state index in [0.29, 0.717) is 21.2 Å². The Morgan fingerprint density at radius 1 is 1.08 bits per heavy atom. The molecule has 1 amide bonds. The van der Waals surface area contributed by atoms with E-state index in [1.807, 2.05) is 30.3 Å². The molecule has 0 aliphatic heterocycles. The molecule has 124 valence electrons. The molecule has 0 saturated heterocycles. The summed E-state index contributed by atoms with van der Waals surface area (Å²) in [5.41, 5.74) is 1.26. The Bertz CT molecular complexity index is 1100. The molecule has 25 heavy (non-hydrogen) atoms. The molecule has 2 heterocycles. The van der Waals surface area contributed by atoms with Crippen LogP contribution in [0.15, 0.2) is 58.5 Å². The highest BCUT2D eigenvalue weighted by molar-refractivity contribution is 7.99. The molecule has 2 aromatic carbocycles. The van der Waals surface area contributed by atoms with Crippen LogP contribution in [0.2, 0.25) is 0 Å². The first-order valence-electron chi connectivity index (χ1n) is 7.46. The van der Waals surface area contributed by atoms with Gasteiger partial charge in [0.2, 0.25) is 5.91 Å². The number of hydrogen-bond donors (Lipinski definition) is 2. The first-order valence-corrected chi connectivity index (χ1v) is 9.26. The molecule has 6 nitrogen and oxygen atoms in total. The fraction of sp³-hybridized carbons (Fsp3) is 0.0588. The monoisotopic (exact) mass is 368 g/mol. The molecular formula is C17H12N4O2S2. The summed E-state index contributed by atoms with van der Waals surface area (Å²) in [6.07, 6.45) is 0. The lowest BCUT2D eigenvalue weighted by molar-refractivity contribution is -0.113. The van der Waals surface area contributed by atoms with Crippen molar-refractivity contribution in [3.63, 3.8) is 0 Å². The Labute approximate surface area is 150 Å². The van der Waals surface area contributed by atoms with Gasteiger partial charge < -0.3 is 10.3 Å². The van der Waals surface area contributed by atoms with Gasteiger partial charge >= 0.3 is 0 Å². The van der Waals surface area contributed by atoms with Crippen molar-refractivity contribution in [1.82, 2.24) is 15.0 Å². The maximum Gasteiger partial charge on any atom is 0.259 e. The molecule has 0 aliphatic rings. The number of fused-ring (bicyclic) bond motifs is 2. The zero-order valence-electron chi connectivity index (χ0n) is 12.9. The van der Waals surface area contributed by atoms with Gasteiger partial charge in [-0.25, -0.2) is 9.97 Å². The standard InChI is InChI=1S/C17H12N4O2S2/c22-14(20-17-19-12-7-3-4-8-13(12)25-17)9-24-16-18-11-6-2-1-5-10(11)15(23)21-16/h1-8H,9H2,(H,18,21,23)(H,19,20,22). The summed E-state index contributed by atoms with van der Waals surface area (Å²) in [6.45, 7) is 0. The van der Waals surface area contributed by atoms with Crippen molar-refractivity contribution in [3.8, 4) is 0 Å². The van der Waals surface area contributed by atoms with E-state index >= 15 is 0 Å². The number of benzene rings is 2. The molecule has 0 bridgehead atoms. The number of nitrogens with one attached hydrogen (secondary N) is 2. The second-order valence-electron chi connectivity index (χ2n) is 5.21. The lowest BCUT2D eigenvalue weighted by Gasteiger charge is -2.03. The van der Waals surface area contributed by atoms with Crippen LogP contribution in [-0.2, 0) is 4.79 Å². The van der Waals surface area contributed by atoms with Crippen LogP contribution in [0.3, 0.4) is 0 Å². The highest BCUT2D eigenvalue weighted by Gasteiger charge is 2.10. The number of H-pyrrole nitrogens is 1. The van der Waals surface area contributed by atoms with Crippen LogP contribution in [0.25, 0.3) is 21.1 Å². The maximum atomic E-state index is 12.1. The number of thiazole rings is 1. The molecule has 0 atom stereocenters. The number of amides is 1. The SMILES string of the molecule is O=C(CSc1nc2ccccc2c(=O)[nH]1)Nc1nc2ccccc2s1. The molecule has 0 saturated carbocycles. The van der Waals surface area contributed by atoms with E-state index in [2.05, 4.69) is 20.3 Å². The average Bonchev–Trinajstić information content (AvgIpc) is 3.02. The topological polar surface area (TPSA) is 87.7 Å². The van der Waals surface area contributed by atoms with Crippen LogP contribution in [-0.4, -0.2) is 26.6 Å². The van der Waals surface area contributed by atoms with Crippen LogP contribution in [0, 0.1) is 0 Å². The van der Waals surface area contributed by atoms with Gasteiger partial charge in [0, 0.05) is 0 Å². The Morgan fingerprint density at radius 2 is 1.84 bits per heavy atom. The molecule has 2 N–H and O–H groups in total. The van der Waals surface area contributed by atoms with Crippen molar-refractivity contribution in [2.75, 3.05) is 11.1 Å². The molecule has 0 radical (unpaired) electrons. The van der Waals surface area contributed by atoms with E-state index in [-0.39, 0.29) is 17.2 Å². The number of aromatic amines is 1. The summed E-state index contributed by atoms with van der Waals surface area (Å²) in [5.74, 6) is -0.0585. The fourth-order valence-electron chi connectivity index (χ4n) is 2.35. The van der Waals surface area contributed by atoms with Crippen molar-refractivity contribution < 1.29 is 4.79 Å². The van der Waals surface area contributed by atoms with Crippen LogP contribution < -0.4 is 10.9 Å². The second-order valence-corrected chi connectivity index (χ2v) is 7.21. The lowest BCUT2D eigenvalue weighted by Crippen LogP contribution is -2.15. The number of para-hydroxylation sites is 2. The molecule has 4 aromatic rings. The van der Waals surface area contributed by atoms with Crippen molar-refractivity contribution in [2.45, 2.75) is 5.16 Å². The number of anilines is 1. The largest absolute Gasteiger partial charge is 0.301 e. The van der Waals surface area contributed by atoms with Crippen molar-refractivity contribution in [1.29, 1.82) is 0 Å². The quantitative estimate of drug-likeness (QED) is 0.426. The van der Waals surface area contributed by atoms with Gasteiger partial charge in [-0.1, -0.05) is 47.4 Å². The Balaban J connectivity index is 1.45. The average molecular weight is 368 g/mol. The summed E-state index contributed by atoms with van der Waals surface area (Å²) in [5, 5.41) is 4.30. The summed E-state index contributed by atoms with van der Waals surface area (Å²) < 4.78 is 1.02. The van der Waals surface area contributed by atoms with Gasteiger partial charge in [-0.3, -0.25) is 9.59 Å². The number of aromatic nitrogens is 3. The molecule has 2 aromatic heterocycles. The van der Waals surface area contributed by atoms with E-state index in [1.165, 1.54) is 23.1 Å². The highest BCUT2D eigenvalue weighted by Crippen LogP contribution is 2.25. The predicted molar refractivity (Wildman–Crippen MR) is 101 cm³/mol. The normalized spacial score (nSPS) is 11.0. The highest BCUT2D eigenvalue weighted by atomic mass is 32.2. The molecule has 4 rings (SSSR count). The number of carbonyl (C=O) groups excluding carboxylic acids is 1. The molecule has 0 unspecified atom stereocenters. The Hall–Kier alpha value is -2.71. The zero-order valence-corrected chi connectivity index (χ0v) is 14.5. The second kappa shape index (κ2) is 6.66. The van der Waals surface area contributed by atoms with Gasteiger partial charge in [-0.2, -0.15) is 0 Å². The maximum absolute atomic E-state index is 12.1. The van der Waals surface area contributed by atoms with E-state index in [4.69, 9.17) is 0 Å². The van der Waals surface area contributed by atoms with Crippen LogP contribution >= 0.6 is 23.1 Å². The first kappa shape index (κ1) is 15.8. The van der Waals surface area contributed by atoms with Gasteiger partial charge in [0.25, 0.3) is 5.56 Å². The van der Waals surface area contributed by atoms with E-state index in [9.17, 15) is 9.59 Å². The number of nitrogens with zero attached hydrogens (tertiary/aromatic N) is 2. The van der Waals surface area contributed by atoms with Crippen molar-refractivity contribution >= 4 is 55.3 Å². The minimum Gasteiger partial charge on any atom is -0.301 e. The third kappa shape index (κ3) is 3.40. The van der Waals surface area contributed by atoms with E-state index in [0.717, 1.165) is 10.2 Å². The molecular weight excluding hydrogens is 356 g/mol. The Kier molecular flexibility index (Phi) is 4.21. The Morgan fingerprint density at radius 3 is 2.68 bits per heavy atom. The predicted octanol–water partition coefficient (Wildman–Crippen LogP) is 3.26. The van der Waals surface area contributed by atoms with Gasteiger partial charge in [0.05, 0.1) is 26.9 Å². The minimum absolute atomic E-state index is 0.136. The van der Waals surface area contributed by atoms with Crippen molar-refractivity contribution in [2.24, 2.45) is 0 Å². The molecule has 8 heteroatoms. The first-order chi connectivity index (χ1) is 12.2. The minimum atomic E-state index is -0.209. The third-order valence-electron chi connectivity index (χ3n) is 3.47. The van der Waals surface area contributed by atoms with Crippen LogP contribution in [0.1, 0.15) is 0 Å². The summed E-state index contributed by atoms with van der Waals surface area (Å²) in [6, 6.07) is 14.8. The fourth-order valence-corrected chi connectivity index (χ4v) is 3.90. The molecule has 0 fully saturated rings. The smallest absolute Gasteiger partial charge is 0.259 e. The van der Waals surface area contributed by atoms with Gasteiger partial charge in [0.1, 0.15) is 0 Å². The summed E-state index contributed by atoms with van der Waals surface area (Å²) >= 11 is 2.61. The number of carbonyl (C=O) groups is 1. The number of thioether (sulfide) groups is 1.